The Morgan fingerprint density at radius 2 is 1.85 bits per heavy atom. The first kappa shape index (κ1) is 33.6. The van der Waals surface area contributed by atoms with Crippen LogP contribution in [-0.4, -0.2) is 122 Å². The summed E-state index contributed by atoms with van der Waals surface area (Å²) in [5.41, 5.74) is 2.75. The van der Waals surface area contributed by atoms with Crippen LogP contribution in [0.15, 0.2) is 36.5 Å². The number of rotatable bonds is 7. The zero-order valence-corrected chi connectivity index (χ0v) is 28.8. The number of piperazine rings is 1. The van der Waals surface area contributed by atoms with Crippen molar-refractivity contribution in [2.24, 2.45) is 0 Å². The van der Waals surface area contributed by atoms with Crippen molar-refractivity contribution in [3.05, 3.63) is 47.8 Å². The number of amides is 1. The van der Waals surface area contributed by atoms with Crippen molar-refractivity contribution >= 4 is 34.4 Å². The van der Waals surface area contributed by atoms with E-state index in [1.54, 1.807) is 13.3 Å². The summed E-state index contributed by atoms with van der Waals surface area (Å²) in [5.74, 6) is 1.54. The lowest BCUT2D eigenvalue weighted by atomic mass is 10.1. The third-order valence-electron chi connectivity index (χ3n) is 9.08. The SMILES string of the molecule is CO[C@H]1CN(c2nc(C)cc(N3CCN(C[C@H]4CN(c5ccc(C#N)c6ncccc56)C[C@@H](C)O4)CC3)n2)C[C@@H]1NC(=O)OC(C)(C)C. The fraction of sp³-hybridized carbons (Fsp3) is 0.571. The minimum Gasteiger partial charge on any atom is -0.444 e. The number of nitrogens with zero attached hydrogens (tertiary/aromatic N) is 8. The molecule has 0 aliphatic carbocycles. The van der Waals surface area contributed by atoms with Crippen LogP contribution < -0.4 is 20.0 Å². The molecule has 2 aromatic heterocycles. The van der Waals surface area contributed by atoms with Gasteiger partial charge in [-0.25, -0.2) is 9.78 Å². The maximum atomic E-state index is 12.5. The van der Waals surface area contributed by atoms with Crippen LogP contribution in [0.1, 0.15) is 39.0 Å². The van der Waals surface area contributed by atoms with Gasteiger partial charge in [0.25, 0.3) is 0 Å². The highest BCUT2D eigenvalue weighted by molar-refractivity contribution is 5.95. The molecule has 0 spiro atoms. The molecule has 0 radical (unpaired) electrons. The van der Waals surface area contributed by atoms with Gasteiger partial charge in [-0.3, -0.25) is 9.88 Å². The van der Waals surface area contributed by atoms with E-state index in [2.05, 4.69) is 42.9 Å². The molecule has 1 amide bonds. The predicted octanol–water partition coefficient (Wildman–Crippen LogP) is 3.35. The molecule has 0 saturated carbocycles. The van der Waals surface area contributed by atoms with E-state index < -0.39 is 11.7 Å². The molecule has 4 atom stereocenters. The van der Waals surface area contributed by atoms with Crippen LogP contribution in [0, 0.1) is 18.3 Å². The number of nitriles is 1. The van der Waals surface area contributed by atoms with Crippen LogP contribution in [0.25, 0.3) is 10.9 Å². The summed E-state index contributed by atoms with van der Waals surface area (Å²) in [6.07, 6.45) is 1.22. The molecule has 13 heteroatoms. The van der Waals surface area contributed by atoms with Gasteiger partial charge in [0.2, 0.25) is 5.95 Å². The monoisotopic (exact) mass is 657 g/mol. The quantitative estimate of drug-likeness (QED) is 0.400. The normalized spacial score (nSPS) is 23.7. The number of nitrogens with one attached hydrogen (secondary N) is 1. The third kappa shape index (κ3) is 7.72. The number of anilines is 3. The van der Waals surface area contributed by atoms with Gasteiger partial charge in [-0.2, -0.15) is 10.2 Å². The Balaban J connectivity index is 1.07. The number of aryl methyl sites for hydroxylation is 1. The minimum atomic E-state index is -0.578. The first-order valence-corrected chi connectivity index (χ1v) is 16.8. The summed E-state index contributed by atoms with van der Waals surface area (Å²) < 4.78 is 17.6. The van der Waals surface area contributed by atoms with Crippen LogP contribution in [0.2, 0.25) is 0 Å². The Hall–Kier alpha value is -4.25. The molecule has 0 unspecified atom stereocenters. The van der Waals surface area contributed by atoms with E-state index in [9.17, 15) is 10.1 Å². The number of hydrogen-bond acceptors (Lipinski definition) is 12. The zero-order chi connectivity index (χ0) is 34.0. The number of ether oxygens (including phenoxy) is 3. The summed E-state index contributed by atoms with van der Waals surface area (Å²) >= 11 is 0. The largest absolute Gasteiger partial charge is 0.444 e. The Morgan fingerprint density at radius 3 is 2.58 bits per heavy atom. The van der Waals surface area contributed by atoms with Crippen molar-refractivity contribution in [1.29, 1.82) is 5.26 Å². The molecule has 0 bridgehead atoms. The van der Waals surface area contributed by atoms with Crippen LogP contribution in [0.4, 0.5) is 22.2 Å². The van der Waals surface area contributed by atoms with Crippen LogP contribution in [0.3, 0.4) is 0 Å². The second-order valence-corrected chi connectivity index (χ2v) is 14.0. The molecule has 3 aromatic rings. The molecule has 256 valence electrons. The van der Waals surface area contributed by atoms with Crippen LogP contribution in [0.5, 0.6) is 0 Å². The van der Waals surface area contributed by atoms with Crippen molar-refractivity contribution in [1.82, 2.24) is 25.2 Å². The summed E-state index contributed by atoms with van der Waals surface area (Å²) in [6.45, 7) is 16.6. The lowest BCUT2D eigenvalue weighted by Crippen LogP contribution is -2.54. The lowest BCUT2D eigenvalue weighted by molar-refractivity contribution is -0.0327. The van der Waals surface area contributed by atoms with Gasteiger partial charge in [-0.15, -0.1) is 0 Å². The summed E-state index contributed by atoms with van der Waals surface area (Å²) in [4.78, 5) is 36.0. The van der Waals surface area contributed by atoms with Gasteiger partial charge < -0.3 is 34.2 Å². The van der Waals surface area contributed by atoms with Crippen molar-refractivity contribution in [2.75, 3.05) is 80.7 Å². The third-order valence-corrected chi connectivity index (χ3v) is 9.08. The molecule has 3 aliphatic rings. The molecule has 3 aliphatic heterocycles. The average Bonchev–Trinajstić information content (AvgIpc) is 3.45. The smallest absolute Gasteiger partial charge is 0.408 e. The Bertz CT molecular complexity index is 1650. The van der Waals surface area contributed by atoms with E-state index in [1.807, 2.05) is 58.0 Å². The standard InChI is InChI=1S/C35H47N9O4/c1-23-16-31(40-33(38-23)44-21-28(30(22-44)46-6)39-34(45)48-35(3,4)5)42-14-12-41(13-15-42)19-26-20-43(18-24(2)47-26)29-10-9-25(17-36)32-27(29)8-7-11-37-32/h7-11,16,24,26,28,30H,12-15,18-22H2,1-6H3,(H,39,45)/t24-,26+,28+,30+/m1/s1. The average molecular weight is 658 g/mol. The Morgan fingerprint density at radius 1 is 1.06 bits per heavy atom. The van der Waals surface area contributed by atoms with E-state index in [4.69, 9.17) is 24.2 Å². The van der Waals surface area contributed by atoms with Gasteiger partial charge in [-0.1, -0.05) is 0 Å². The number of aromatic nitrogens is 3. The number of methoxy groups -OCH3 is 1. The molecule has 48 heavy (non-hydrogen) atoms. The first-order valence-electron chi connectivity index (χ1n) is 16.8. The number of carbonyl (C=O) groups excluding carboxylic acids is 1. The van der Waals surface area contributed by atoms with Crippen molar-refractivity contribution in [3.63, 3.8) is 0 Å². The number of hydrogen-bond donors (Lipinski definition) is 1. The number of carbonyl (C=O) groups is 1. The summed E-state index contributed by atoms with van der Waals surface area (Å²) in [5, 5.41) is 13.6. The lowest BCUT2D eigenvalue weighted by Gasteiger charge is -2.42. The van der Waals surface area contributed by atoms with E-state index in [-0.39, 0.29) is 24.4 Å². The maximum Gasteiger partial charge on any atom is 0.408 e. The van der Waals surface area contributed by atoms with Crippen molar-refractivity contribution in [3.8, 4) is 6.07 Å². The highest BCUT2D eigenvalue weighted by Crippen LogP contribution is 2.31. The molecule has 3 saturated heterocycles. The molecule has 5 heterocycles. The molecule has 6 rings (SSSR count). The molecule has 3 fully saturated rings. The van der Waals surface area contributed by atoms with E-state index in [1.165, 1.54) is 0 Å². The number of benzene rings is 1. The van der Waals surface area contributed by atoms with Gasteiger partial charge in [0.05, 0.1) is 35.4 Å². The van der Waals surface area contributed by atoms with E-state index in [0.717, 1.165) is 73.9 Å². The van der Waals surface area contributed by atoms with E-state index in [0.29, 0.717) is 24.6 Å². The summed E-state index contributed by atoms with van der Waals surface area (Å²) in [6, 6.07) is 12.0. The molecular formula is C35H47N9O4. The molecular weight excluding hydrogens is 610 g/mol. The van der Waals surface area contributed by atoms with Crippen LogP contribution in [-0.2, 0) is 14.2 Å². The van der Waals surface area contributed by atoms with Gasteiger partial charge in [-0.05, 0) is 58.9 Å². The highest BCUT2D eigenvalue weighted by atomic mass is 16.6. The second kappa shape index (κ2) is 14.1. The molecule has 13 nitrogen and oxygen atoms in total. The first-order chi connectivity index (χ1) is 23.0. The zero-order valence-electron chi connectivity index (χ0n) is 28.8. The maximum absolute atomic E-state index is 12.5. The van der Waals surface area contributed by atoms with Crippen LogP contribution >= 0.6 is 0 Å². The van der Waals surface area contributed by atoms with Crippen molar-refractivity contribution < 1.29 is 19.0 Å². The van der Waals surface area contributed by atoms with E-state index >= 15 is 0 Å². The number of morpholine rings is 1. The second-order valence-electron chi connectivity index (χ2n) is 14.0. The number of fused-ring (bicyclic) bond motifs is 1. The molecule has 1 N–H and O–H groups in total. The Kier molecular flexibility index (Phi) is 9.87. The van der Waals surface area contributed by atoms with Gasteiger partial charge >= 0.3 is 6.09 Å². The minimum absolute atomic E-state index is 0.0571. The fourth-order valence-corrected chi connectivity index (χ4v) is 6.93. The van der Waals surface area contributed by atoms with Gasteiger partial charge in [0.15, 0.2) is 0 Å². The van der Waals surface area contributed by atoms with Gasteiger partial charge in [0, 0.05) is 95.0 Å². The van der Waals surface area contributed by atoms with Crippen molar-refractivity contribution in [2.45, 2.75) is 64.6 Å². The van der Waals surface area contributed by atoms with Gasteiger partial charge in [0.1, 0.15) is 17.5 Å². The number of alkyl carbamates (subject to hydrolysis) is 1. The predicted molar refractivity (Wildman–Crippen MR) is 185 cm³/mol. The summed E-state index contributed by atoms with van der Waals surface area (Å²) in [7, 11) is 1.66. The number of pyridine rings is 1. The Labute approximate surface area is 282 Å². The fourth-order valence-electron chi connectivity index (χ4n) is 6.93. The highest BCUT2D eigenvalue weighted by Gasteiger charge is 2.37. The topological polar surface area (TPSA) is 132 Å². The molecule has 1 aromatic carbocycles.